The molecule has 0 amide bonds. The highest BCUT2D eigenvalue weighted by Crippen LogP contribution is 2.18. The van der Waals surface area contributed by atoms with Gasteiger partial charge in [-0.1, -0.05) is 39.0 Å². The Morgan fingerprint density at radius 1 is 1.16 bits per heavy atom. The number of rotatable bonds is 7. The zero-order valence-corrected chi connectivity index (χ0v) is 12.1. The molecule has 0 aromatic carbocycles. The number of aliphatic hydroxyl groups is 1. The second-order valence-corrected chi connectivity index (χ2v) is 5.75. The highest BCUT2D eigenvalue weighted by Gasteiger charge is 2.19. The van der Waals surface area contributed by atoms with E-state index in [-0.39, 0.29) is 5.92 Å². The van der Waals surface area contributed by atoms with Crippen LogP contribution in [0.4, 0.5) is 0 Å². The zero-order valence-electron chi connectivity index (χ0n) is 12.1. The Labute approximate surface area is 116 Å². The van der Waals surface area contributed by atoms with Gasteiger partial charge in [-0.2, -0.15) is 0 Å². The van der Waals surface area contributed by atoms with Gasteiger partial charge >= 0.3 is 5.97 Å². The molecule has 0 aliphatic heterocycles. The van der Waals surface area contributed by atoms with Crippen LogP contribution in [0.1, 0.15) is 71.1 Å². The summed E-state index contributed by atoms with van der Waals surface area (Å²) in [5, 5.41) is 22.2. The van der Waals surface area contributed by atoms with E-state index in [1.54, 1.807) is 0 Å². The number of carboxylic acids is 1. The standard InChI is InChI=1S/C15H29NO3/c1-2-12(15(18)19)10-11-14(17)16-13-8-6-4-3-5-7-9-13/h12-14,16-17H,2-11H2,1H3,(H,18,19). The fraction of sp³-hybridized carbons (Fsp3) is 0.933. The van der Waals surface area contributed by atoms with Gasteiger partial charge in [0.2, 0.25) is 0 Å². The fourth-order valence-corrected chi connectivity index (χ4v) is 2.84. The monoisotopic (exact) mass is 271 g/mol. The maximum Gasteiger partial charge on any atom is 0.306 e. The van der Waals surface area contributed by atoms with Crippen molar-refractivity contribution in [1.29, 1.82) is 0 Å². The van der Waals surface area contributed by atoms with Crippen molar-refractivity contribution >= 4 is 5.97 Å². The van der Waals surface area contributed by atoms with Crippen molar-refractivity contribution in [2.24, 2.45) is 5.92 Å². The molecule has 112 valence electrons. The lowest BCUT2D eigenvalue weighted by molar-refractivity contribution is -0.142. The number of hydrogen-bond acceptors (Lipinski definition) is 3. The molecular formula is C15H29NO3. The maximum absolute atomic E-state index is 10.9. The van der Waals surface area contributed by atoms with Gasteiger partial charge < -0.3 is 10.2 Å². The predicted molar refractivity (Wildman–Crippen MR) is 75.9 cm³/mol. The van der Waals surface area contributed by atoms with Crippen molar-refractivity contribution < 1.29 is 15.0 Å². The van der Waals surface area contributed by atoms with Crippen LogP contribution < -0.4 is 5.32 Å². The van der Waals surface area contributed by atoms with Crippen LogP contribution in [0.5, 0.6) is 0 Å². The van der Waals surface area contributed by atoms with Crippen LogP contribution in [0.25, 0.3) is 0 Å². The Morgan fingerprint density at radius 2 is 1.74 bits per heavy atom. The number of aliphatic carboxylic acids is 1. The minimum Gasteiger partial charge on any atom is -0.481 e. The molecule has 0 heterocycles. The van der Waals surface area contributed by atoms with Crippen LogP contribution in [0.15, 0.2) is 0 Å². The average molecular weight is 271 g/mol. The van der Waals surface area contributed by atoms with Crippen LogP contribution in [-0.4, -0.2) is 28.5 Å². The molecule has 1 saturated carbocycles. The third-order valence-electron chi connectivity index (χ3n) is 4.16. The fourth-order valence-electron chi connectivity index (χ4n) is 2.84. The minimum absolute atomic E-state index is 0.325. The van der Waals surface area contributed by atoms with E-state index in [4.69, 9.17) is 5.11 Å². The molecule has 2 atom stereocenters. The lowest BCUT2D eigenvalue weighted by Gasteiger charge is -2.25. The van der Waals surface area contributed by atoms with Gasteiger partial charge in [0.05, 0.1) is 5.92 Å². The summed E-state index contributed by atoms with van der Waals surface area (Å²) in [6.45, 7) is 1.88. The van der Waals surface area contributed by atoms with Crippen LogP contribution in [0, 0.1) is 5.92 Å². The molecular weight excluding hydrogens is 242 g/mol. The summed E-state index contributed by atoms with van der Waals surface area (Å²) in [6, 6.07) is 0.403. The van der Waals surface area contributed by atoms with Gasteiger partial charge in [-0.25, -0.2) is 0 Å². The number of nitrogens with one attached hydrogen (secondary N) is 1. The Bertz CT molecular complexity index is 250. The SMILES string of the molecule is CCC(CCC(O)NC1CCCCCCC1)C(=O)O. The third-order valence-corrected chi connectivity index (χ3v) is 4.16. The van der Waals surface area contributed by atoms with E-state index in [9.17, 15) is 9.90 Å². The minimum atomic E-state index is -0.749. The molecule has 0 saturated heterocycles. The van der Waals surface area contributed by atoms with Crippen molar-refractivity contribution in [2.75, 3.05) is 0 Å². The lowest BCUT2D eigenvalue weighted by atomic mass is 9.96. The van der Waals surface area contributed by atoms with E-state index in [0.717, 1.165) is 12.8 Å². The summed E-state index contributed by atoms with van der Waals surface area (Å²) in [6.07, 6.45) is 9.81. The van der Waals surface area contributed by atoms with Gasteiger partial charge in [0.15, 0.2) is 0 Å². The number of aliphatic hydroxyl groups excluding tert-OH is 1. The van der Waals surface area contributed by atoms with E-state index in [1.165, 1.54) is 32.1 Å². The van der Waals surface area contributed by atoms with E-state index < -0.39 is 12.2 Å². The third kappa shape index (κ3) is 6.92. The second-order valence-electron chi connectivity index (χ2n) is 5.75. The first-order chi connectivity index (χ1) is 9.13. The number of carboxylic acid groups (broad SMARTS) is 1. The summed E-state index contributed by atoms with van der Waals surface area (Å²) >= 11 is 0. The van der Waals surface area contributed by atoms with E-state index >= 15 is 0 Å². The average Bonchev–Trinajstić information content (AvgIpc) is 2.32. The van der Waals surface area contributed by atoms with Crippen molar-refractivity contribution in [3.63, 3.8) is 0 Å². The quantitative estimate of drug-likeness (QED) is 0.623. The molecule has 4 heteroatoms. The molecule has 0 bridgehead atoms. The molecule has 0 radical (unpaired) electrons. The molecule has 1 rings (SSSR count). The van der Waals surface area contributed by atoms with Gasteiger partial charge in [0, 0.05) is 6.04 Å². The smallest absolute Gasteiger partial charge is 0.306 e. The van der Waals surface area contributed by atoms with Gasteiger partial charge in [0.25, 0.3) is 0 Å². The molecule has 3 N–H and O–H groups in total. The Morgan fingerprint density at radius 3 is 2.26 bits per heavy atom. The largest absolute Gasteiger partial charge is 0.481 e. The molecule has 1 fully saturated rings. The molecule has 1 aliphatic rings. The number of hydrogen-bond donors (Lipinski definition) is 3. The lowest BCUT2D eigenvalue weighted by Crippen LogP contribution is -2.39. The van der Waals surface area contributed by atoms with Crippen LogP contribution >= 0.6 is 0 Å². The van der Waals surface area contributed by atoms with Crippen molar-refractivity contribution in [2.45, 2.75) is 83.4 Å². The first-order valence-electron chi connectivity index (χ1n) is 7.80. The number of carbonyl (C=O) groups is 1. The van der Waals surface area contributed by atoms with Gasteiger partial charge in [-0.15, -0.1) is 0 Å². The van der Waals surface area contributed by atoms with Crippen molar-refractivity contribution in [3.8, 4) is 0 Å². The molecule has 4 nitrogen and oxygen atoms in total. The summed E-state index contributed by atoms with van der Waals surface area (Å²) in [5.41, 5.74) is 0. The first-order valence-corrected chi connectivity index (χ1v) is 7.80. The van der Waals surface area contributed by atoms with Gasteiger partial charge in [-0.05, 0) is 32.1 Å². The first kappa shape index (κ1) is 16.4. The van der Waals surface area contributed by atoms with Crippen molar-refractivity contribution in [3.05, 3.63) is 0 Å². The predicted octanol–water partition coefficient (Wildman–Crippen LogP) is 2.90. The Hall–Kier alpha value is -0.610. The second kappa shape index (κ2) is 9.32. The summed E-state index contributed by atoms with van der Waals surface area (Å²) in [7, 11) is 0. The normalized spacial score (nSPS) is 21.4. The highest BCUT2D eigenvalue weighted by molar-refractivity contribution is 5.69. The Balaban J connectivity index is 2.24. The van der Waals surface area contributed by atoms with E-state index in [2.05, 4.69) is 5.32 Å². The summed E-state index contributed by atoms with van der Waals surface area (Å²) in [5.74, 6) is -1.07. The highest BCUT2D eigenvalue weighted by atomic mass is 16.4. The molecule has 0 spiro atoms. The summed E-state index contributed by atoms with van der Waals surface area (Å²) < 4.78 is 0. The van der Waals surface area contributed by atoms with Gasteiger partial charge in [-0.3, -0.25) is 10.1 Å². The van der Waals surface area contributed by atoms with Crippen LogP contribution in [0.3, 0.4) is 0 Å². The molecule has 2 unspecified atom stereocenters. The van der Waals surface area contributed by atoms with Crippen LogP contribution in [-0.2, 0) is 4.79 Å². The molecule has 1 aliphatic carbocycles. The maximum atomic E-state index is 10.9. The molecule has 19 heavy (non-hydrogen) atoms. The Kier molecular flexibility index (Phi) is 8.07. The molecule has 0 aromatic heterocycles. The van der Waals surface area contributed by atoms with Crippen LogP contribution in [0.2, 0.25) is 0 Å². The van der Waals surface area contributed by atoms with E-state index in [0.29, 0.717) is 25.3 Å². The van der Waals surface area contributed by atoms with Gasteiger partial charge in [0.1, 0.15) is 6.23 Å². The van der Waals surface area contributed by atoms with Crippen molar-refractivity contribution in [1.82, 2.24) is 5.32 Å². The summed E-state index contributed by atoms with van der Waals surface area (Å²) in [4.78, 5) is 10.9. The molecule has 0 aromatic rings. The topological polar surface area (TPSA) is 69.6 Å². The zero-order chi connectivity index (χ0) is 14.1. The van der Waals surface area contributed by atoms with E-state index in [1.807, 2.05) is 6.92 Å².